The number of hydrogen-bond donors (Lipinski definition) is 2. The van der Waals surface area contributed by atoms with Crippen molar-refractivity contribution in [2.24, 2.45) is 11.5 Å². The fourth-order valence-corrected chi connectivity index (χ4v) is 2.12. The summed E-state index contributed by atoms with van der Waals surface area (Å²) in [7, 11) is 0. The van der Waals surface area contributed by atoms with Crippen molar-refractivity contribution in [3.63, 3.8) is 0 Å². The Balaban J connectivity index is 3.10. The van der Waals surface area contributed by atoms with Gasteiger partial charge in [0, 0.05) is 6.42 Å². The van der Waals surface area contributed by atoms with Crippen molar-refractivity contribution in [3.05, 3.63) is 15.0 Å². The van der Waals surface area contributed by atoms with Crippen LogP contribution in [-0.2, 0) is 17.8 Å². The molecule has 0 saturated carbocycles. The second-order valence-electron chi connectivity index (χ2n) is 3.83. The molecule has 0 spiro atoms. The molecule has 90 valence electrons. The van der Waals surface area contributed by atoms with Gasteiger partial charge >= 0.3 is 0 Å². The minimum atomic E-state index is -1.09. The van der Waals surface area contributed by atoms with Gasteiger partial charge in [0.25, 0.3) is 0 Å². The number of halogens is 2. The first kappa shape index (κ1) is 13.7. The van der Waals surface area contributed by atoms with Crippen LogP contribution in [0, 0.1) is 0 Å². The Morgan fingerprint density at radius 3 is 2.56 bits per heavy atom. The van der Waals surface area contributed by atoms with Crippen molar-refractivity contribution in [2.45, 2.75) is 32.4 Å². The molecule has 0 fully saturated rings. The van der Waals surface area contributed by atoms with Crippen LogP contribution in [0.2, 0.25) is 0 Å². The monoisotopic (exact) mass is 352 g/mol. The van der Waals surface area contributed by atoms with Crippen molar-refractivity contribution < 1.29 is 4.79 Å². The van der Waals surface area contributed by atoms with Crippen LogP contribution in [0.5, 0.6) is 0 Å². The molecule has 1 rings (SSSR count). The van der Waals surface area contributed by atoms with E-state index in [1.165, 1.54) is 0 Å². The fraction of sp³-hybridized carbons (Fsp3) is 0.556. The van der Waals surface area contributed by atoms with E-state index in [2.05, 4.69) is 36.8 Å². The SMILES string of the molecule is CCc1nc(Br)c(Br)n1CC(C)(N)C(N)=O. The number of nitrogens with zero attached hydrogens (tertiary/aromatic N) is 2. The maximum Gasteiger partial charge on any atom is 0.239 e. The van der Waals surface area contributed by atoms with Crippen molar-refractivity contribution in [1.29, 1.82) is 0 Å². The summed E-state index contributed by atoms with van der Waals surface area (Å²) in [4.78, 5) is 15.5. The predicted octanol–water partition coefficient (Wildman–Crippen LogP) is 1.17. The second-order valence-corrected chi connectivity index (χ2v) is 5.33. The molecule has 0 aromatic carbocycles. The lowest BCUT2D eigenvalue weighted by Gasteiger charge is -2.22. The summed E-state index contributed by atoms with van der Waals surface area (Å²) in [5.41, 5.74) is 9.99. The molecule has 1 heterocycles. The lowest BCUT2D eigenvalue weighted by molar-refractivity contribution is -0.123. The van der Waals surface area contributed by atoms with E-state index in [0.29, 0.717) is 11.1 Å². The summed E-state index contributed by atoms with van der Waals surface area (Å²) >= 11 is 6.71. The highest BCUT2D eigenvalue weighted by atomic mass is 79.9. The first-order chi connectivity index (χ1) is 7.29. The van der Waals surface area contributed by atoms with Crippen molar-refractivity contribution in [2.75, 3.05) is 0 Å². The topological polar surface area (TPSA) is 86.9 Å². The van der Waals surface area contributed by atoms with Gasteiger partial charge in [0.05, 0.1) is 6.54 Å². The van der Waals surface area contributed by atoms with Gasteiger partial charge in [0.15, 0.2) is 0 Å². The van der Waals surface area contributed by atoms with Gasteiger partial charge in [0.2, 0.25) is 5.91 Å². The molecule has 1 aromatic rings. The van der Waals surface area contributed by atoms with Gasteiger partial charge < -0.3 is 16.0 Å². The van der Waals surface area contributed by atoms with E-state index < -0.39 is 11.4 Å². The average molecular weight is 354 g/mol. The van der Waals surface area contributed by atoms with E-state index in [9.17, 15) is 4.79 Å². The van der Waals surface area contributed by atoms with Crippen LogP contribution in [0.15, 0.2) is 9.21 Å². The highest BCUT2D eigenvalue weighted by Crippen LogP contribution is 2.25. The van der Waals surface area contributed by atoms with E-state index >= 15 is 0 Å². The van der Waals surface area contributed by atoms with Crippen molar-refractivity contribution >= 4 is 37.8 Å². The molecule has 7 heteroatoms. The summed E-state index contributed by atoms with van der Waals surface area (Å²) in [6.07, 6.45) is 0.749. The van der Waals surface area contributed by atoms with Gasteiger partial charge in [-0.25, -0.2) is 4.98 Å². The lowest BCUT2D eigenvalue weighted by atomic mass is 10.0. The highest BCUT2D eigenvalue weighted by molar-refractivity contribution is 9.13. The summed E-state index contributed by atoms with van der Waals surface area (Å²) in [5, 5.41) is 0. The zero-order chi connectivity index (χ0) is 12.5. The van der Waals surface area contributed by atoms with Crippen LogP contribution in [0.4, 0.5) is 0 Å². The molecular formula is C9H14Br2N4O. The van der Waals surface area contributed by atoms with E-state index in [1.54, 1.807) is 6.92 Å². The number of primary amides is 1. The van der Waals surface area contributed by atoms with E-state index in [0.717, 1.165) is 16.8 Å². The highest BCUT2D eigenvalue weighted by Gasteiger charge is 2.28. The number of nitrogens with two attached hydrogens (primary N) is 2. The minimum Gasteiger partial charge on any atom is -0.368 e. The maximum absolute atomic E-state index is 11.2. The predicted molar refractivity (Wildman–Crippen MR) is 68.8 cm³/mol. The zero-order valence-electron chi connectivity index (χ0n) is 9.13. The molecular weight excluding hydrogens is 340 g/mol. The molecule has 0 aliphatic carbocycles. The number of aromatic nitrogens is 2. The van der Waals surface area contributed by atoms with Gasteiger partial charge in [0.1, 0.15) is 20.6 Å². The quantitative estimate of drug-likeness (QED) is 0.851. The lowest BCUT2D eigenvalue weighted by Crippen LogP contribution is -2.52. The van der Waals surface area contributed by atoms with E-state index in [1.807, 2.05) is 11.5 Å². The second kappa shape index (κ2) is 4.85. The third-order valence-corrected chi connectivity index (χ3v) is 4.20. The van der Waals surface area contributed by atoms with E-state index in [4.69, 9.17) is 11.5 Å². The normalized spacial score (nSPS) is 14.8. The number of aryl methyl sites for hydroxylation is 1. The molecule has 0 saturated heterocycles. The zero-order valence-corrected chi connectivity index (χ0v) is 12.3. The third kappa shape index (κ3) is 2.64. The Morgan fingerprint density at radius 2 is 2.12 bits per heavy atom. The van der Waals surface area contributed by atoms with Crippen LogP contribution >= 0.6 is 31.9 Å². The Hall–Kier alpha value is -0.400. The van der Waals surface area contributed by atoms with Gasteiger partial charge in [-0.2, -0.15) is 0 Å². The van der Waals surface area contributed by atoms with Gasteiger partial charge in [-0.1, -0.05) is 6.92 Å². The average Bonchev–Trinajstić information content (AvgIpc) is 2.45. The Bertz CT molecular complexity index is 414. The van der Waals surface area contributed by atoms with Gasteiger partial charge in [-0.05, 0) is 38.8 Å². The third-order valence-electron chi connectivity index (χ3n) is 2.31. The molecule has 1 amide bonds. The molecule has 5 nitrogen and oxygen atoms in total. The summed E-state index contributed by atoms with van der Waals surface area (Å²) in [5.74, 6) is 0.308. The van der Waals surface area contributed by atoms with Gasteiger partial charge in [-0.3, -0.25) is 4.79 Å². The van der Waals surface area contributed by atoms with Crippen LogP contribution in [0.1, 0.15) is 19.7 Å². The fourth-order valence-electron chi connectivity index (χ4n) is 1.28. The molecule has 0 aliphatic heterocycles. The van der Waals surface area contributed by atoms with Crippen LogP contribution < -0.4 is 11.5 Å². The number of rotatable bonds is 4. The number of imidazole rings is 1. The molecule has 1 unspecified atom stereocenters. The Labute approximate surface area is 111 Å². The summed E-state index contributed by atoms with van der Waals surface area (Å²) in [6.45, 7) is 3.88. The standard InChI is InChI=1S/C9H14Br2N4O/c1-3-5-14-6(10)7(11)15(5)4-9(2,13)8(12)16/h3-4,13H2,1-2H3,(H2,12,16). The molecule has 1 atom stereocenters. The van der Waals surface area contributed by atoms with Crippen molar-refractivity contribution in [1.82, 2.24) is 9.55 Å². The molecule has 0 aliphatic rings. The smallest absolute Gasteiger partial charge is 0.239 e. The van der Waals surface area contributed by atoms with Crippen LogP contribution in [0.25, 0.3) is 0 Å². The molecule has 1 aromatic heterocycles. The Kier molecular flexibility index (Phi) is 4.14. The van der Waals surface area contributed by atoms with Crippen LogP contribution in [0.3, 0.4) is 0 Å². The van der Waals surface area contributed by atoms with Crippen LogP contribution in [-0.4, -0.2) is 21.0 Å². The number of carbonyl (C=O) groups excluding carboxylic acids is 1. The molecule has 0 radical (unpaired) electrons. The maximum atomic E-state index is 11.2. The first-order valence-electron chi connectivity index (χ1n) is 4.78. The Morgan fingerprint density at radius 1 is 1.56 bits per heavy atom. The van der Waals surface area contributed by atoms with Crippen molar-refractivity contribution in [3.8, 4) is 0 Å². The first-order valence-corrected chi connectivity index (χ1v) is 6.37. The summed E-state index contributed by atoms with van der Waals surface area (Å²) < 4.78 is 3.31. The largest absolute Gasteiger partial charge is 0.368 e. The molecule has 0 bridgehead atoms. The van der Waals surface area contributed by atoms with E-state index in [-0.39, 0.29) is 0 Å². The molecule has 4 N–H and O–H groups in total. The molecule has 16 heavy (non-hydrogen) atoms. The van der Waals surface area contributed by atoms with Gasteiger partial charge in [-0.15, -0.1) is 0 Å². The minimum absolute atomic E-state index is 0.296. The number of hydrogen-bond acceptors (Lipinski definition) is 3. The summed E-state index contributed by atoms with van der Waals surface area (Å²) in [6, 6.07) is 0. The number of amides is 1. The number of carbonyl (C=O) groups is 1.